The van der Waals surface area contributed by atoms with Crippen LogP contribution >= 0.6 is 0 Å². The second-order valence-electron chi connectivity index (χ2n) is 11.1. The molecule has 0 saturated heterocycles. The van der Waals surface area contributed by atoms with Crippen LogP contribution in [0, 0.1) is 48.7 Å². The molecule has 4 fully saturated rings. The van der Waals surface area contributed by atoms with Gasteiger partial charge in [0.2, 0.25) is 0 Å². The first-order valence-corrected chi connectivity index (χ1v) is 12.6. The molecule has 3 aromatic rings. The summed E-state index contributed by atoms with van der Waals surface area (Å²) in [4.78, 5) is 0. The number of rotatable bonds is 4. The number of aromatic nitrogens is 1. The summed E-state index contributed by atoms with van der Waals surface area (Å²) in [5, 5.41) is 9.70. The molecule has 2 nitrogen and oxygen atoms in total. The summed E-state index contributed by atoms with van der Waals surface area (Å²) in [5.74, 6) is 2.46. The average molecular weight is 451 g/mol. The van der Waals surface area contributed by atoms with Crippen molar-refractivity contribution in [2.45, 2.75) is 57.8 Å². The van der Waals surface area contributed by atoms with Gasteiger partial charge in [-0.2, -0.15) is 5.26 Å². The number of halogens is 1. The maximum atomic E-state index is 14.3. The Kier molecular flexibility index (Phi) is 5.03. The number of benzene rings is 2. The highest BCUT2D eigenvalue weighted by atomic mass is 19.1. The Balaban J connectivity index is 1.33. The number of nitriles is 1. The summed E-state index contributed by atoms with van der Waals surface area (Å²) in [5.41, 5.74) is 6.88. The summed E-state index contributed by atoms with van der Waals surface area (Å²) < 4.78 is 16.5. The molecule has 2 aromatic carbocycles. The van der Waals surface area contributed by atoms with Crippen LogP contribution < -0.4 is 0 Å². The third-order valence-electron chi connectivity index (χ3n) is 8.83. The minimum Gasteiger partial charge on any atom is -0.318 e. The first-order chi connectivity index (χ1) is 16.5. The Bertz CT molecular complexity index is 1280. The molecule has 0 N–H and O–H groups in total. The van der Waals surface area contributed by atoms with E-state index in [0.717, 1.165) is 40.4 Å². The van der Waals surface area contributed by atoms with Gasteiger partial charge in [-0.05, 0) is 117 Å². The monoisotopic (exact) mass is 450 g/mol. The first-order valence-electron chi connectivity index (χ1n) is 12.6. The first kappa shape index (κ1) is 21.4. The lowest BCUT2D eigenvalue weighted by molar-refractivity contribution is -0.00518. The van der Waals surface area contributed by atoms with Gasteiger partial charge in [0, 0.05) is 22.6 Å². The van der Waals surface area contributed by atoms with Gasteiger partial charge in [-0.1, -0.05) is 30.3 Å². The third-order valence-corrected chi connectivity index (χ3v) is 8.83. The molecule has 4 aliphatic rings. The Morgan fingerprint density at radius 2 is 1.59 bits per heavy atom. The smallest absolute Gasteiger partial charge is 0.131 e. The van der Waals surface area contributed by atoms with Gasteiger partial charge in [-0.3, -0.25) is 0 Å². The largest absolute Gasteiger partial charge is 0.318 e. The lowest BCUT2D eigenvalue weighted by Gasteiger charge is -2.57. The lowest BCUT2D eigenvalue weighted by atomic mass is 9.48. The molecule has 0 spiro atoms. The molecule has 0 unspecified atom stereocenters. The van der Waals surface area contributed by atoms with Gasteiger partial charge in [0.1, 0.15) is 5.82 Å². The van der Waals surface area contributed by atoms with Crippen LogP contribution in [0.15, 0.2) is 54.6 Å². The second-order valence-corrected chi connectivity index (χ2v) is 11.1. The van der Waals surface area contributed by atoms with E-state index < -0.39 is 0 Å². The average Bonchev–Trinajstić information content (AvgIpc) is 3.10. The van der Waals surface area contributed by atoms with Crippen molar-refractivity contribution in [3.05, 3.63) is 88.5 Å². The molecule has 0 aliphatic heterocycles. The van der Waals surface area contributed by atoms with Gasteiger partial charge in [0.05, 0.1) is 11.6 Å². The molecule has 1 aromatic heterocycles. The van der Waals surface area contributed by atoms with Gasteiger partial charge < -0.3 is 4.57 Å². The fraction of sp³-hybridized carbons (Fsp3) is 0.387. The van der Waals surface area contributed by atoms with Crippen molar-refractivity contribution < 1.29 is 4.39 Å². The molecular formula is C31H31FN2. The van der Waals surface area contributed by atoms with E-state index in [1.165, 1.54) is 50.2 Å². The molecule has 0 atom stereocenters. The molecule has 34 heavy (non-hydrogen) atoms. The van der Waals surface area contributed by atoms with Crippen LogP contribution in [0.5, 0.6) is 0 Å². The van der Waals surface area contributed by atoms with Crippen molar-refractivity contribution in [2.24, 2.45) is 17.8 Å². The Hall–Kier alpha value is -3.12. The van der Waals surface area contributed by atoms with Crippen molar-refractivity contribution in [1.82, 2.24) is 4.57 Å². The SMILES string of the molecule is Cc1cc(C=C(C#N)c2ccccc2F)c(C)n1-c1ccc(C23CC4CC(CC(C4)C2)C3)cc1. The topological polar surface area (TPSA) is 28.7 Å². The highest BCUT2D eigenvalue weighted by molar-refractivity contribution is 5.90. The lowest BCUT2D eigenvalue weighted by Crippen LogP contribution is -2.48. The van der Waals surface area contributed by atoms with E-state index in [0.29, 0.717) is 16.6 Å². The van der Waals surface area contributed by atoms with E-state index in [2.05, 4.69) is 54.8 Å². The molecular weight excluding hydrogens is 419 g/mol. The van der Waals surface area contributed by atoms with E-state index in [1.807, 2.05) is 0 Å². The highest BCUT2D eigenvalue weighted by Gasteiger charge is 2.51. The molecule has 172 valence electrons. The van der Waals surface area contributed by atoms with Crippen molar-refractivity contribution in [1.29, 1.82) is 5.26 Å². The molecule has 4 saturated carbocycles. The van der Waals surface area contributed by atoms with Crippen molar-refractivity contribution in [3.63, 3.8) is 0 Å². The fourth-order valence-electron chi connectivity index (χ4n) is 7.76. The zero-order valence-corrected chi connectivity index (χ0v) is 20.0. The van der Waals surface area contributed by atoms with Crippen molar-refractivity contribution in [3.8, 4) is 11.8 Å². The third kappa shape index (κ3) is 3.43. The maximum Gasteiger partial charge on any atom is 0.131 e. The summed E-state index contributed by atoms with van der Waals surface area (Å²) >= 11 is 0. The van der Waals surface area contributed by atoms with Crippen LogP contribution in [0.2, 0.25) is 0 Å². The minimum atomic E-state index is -0.371. The van der Waals surface area contributed by atoms with E-state index in [1.54, 1.807) is 24.3 Å². The normalized spacial score (nSPS) is 27.7. The van der Waals surface area contributed by atoms with E-state index >= 15 is 0 Å². The van der Waals surface area contributed by atoms with Gasteiger partial charge >= 0.3 is 0 Å². The van der Waals surface area contributed by atoms with Gasteiger partial charge in [-0.25, -0.2) is 4.39 Å². The Morgan fingerprint density at radius 1 is 0.971 bits per heavy atom. The highest BCUT2D eigenvalue weighted by Crippen LogP contribution is 2.60. The van der Waals surface area contributed by atoms with Crippen LogP contribution in [0.25, 0.3) is 17.3 Å². The number of aryl methyl sites for hydroxylation is 1. The molecule has 7 rings (SSSR count). The molecule has 4 bridgehead atoms. The quantitative estimate of drug-likeness (QED) is 0.373. The van der Waals surface area contributed by atoms with E-state index in [-0.39, 0.29) is 5.82 Å². The van der Waals surface area contributed by atoms with Crippen molar-refractivity contribution >= 4 is 11.6 Å². The van der Waals surface area contributed by atoms with Gasteiger partial charge in [0.25, 0.3) is 0 Å². The van der Waals surface area contributed by atoms with Crippen LogP contribution in [0.1, 0.15) is 66.6 Å². The predicted octanol–water partition coefficient (Wildman–Crippen LogP) is 7.77. The second kappa shape index (κ2) is 7.98. The predicted molar refractivity (Wildman–Crippen MR) is 135 cm³/mol. The summed E-state index contributed by atoms with van der Waals surface area (Å²) in [6.45, 7) is 4.16. The van der Waals surface area contributed by atoms with Crippen LogP contribution in [0.4, 0.5) is 4.39 Å². The molecule has 3 heteroatoms. The molecule has 1 heterocycles. The number of hydrogen-bond donors (Lipinski definition) is 0. The molecule has 0 amide bonds. The zero-order valence-electron chi connectivity index (χ0n) is 20.0. The summed E-state index contributed by atoms with van der Waals surface area (Å²) in [6, 6.07) is 20.0. The maximum absolute atomic E-state index is 14.3. The van der Waals surface area contributed by atoms with Gasteiger partial charge in [-0.15, -0.1) is 0 Å². The fourth-order valence-corrected chi connectivity index (χ4v) is 7.76. The van der Waals surface area contributed by atoms with Crippen LogP contribution in [-0.4, -0.2) is 4.57 Å². The van der Waals surface area contributed by atoms with E-state index in [9.17, 15) is 9.65 Å². The summed E-state index contributed by atoms with van der Waals surface area (Å²) in [7, 11) is 0. The summed E-state index contributed by atoms with van der Waals surface area (Å²) in [6.07, 6.45) is 10.3. The molecule has 0 radical (unpaired) electrons. The van der Waals surface area contributed by atoms with E-state index in [4.69, 9.17) is 0 Å². The standard InChI is InChI=1S/C31H31FN2/c1-20-11-25(15-26(19-33)29-5-3-4-6-30(29)32)21(2)34(20)28-9-7-27(8-10-28)31-16-22-12-23(17-31)14-24(13-22)18-31/h3-11,15,22-24H,12-14,16-18H2,1-2H3. The van der Waals surface area contributed by atoms with Crippen LogP contribution in [0.3, 0.4) is 0 Å². The Morgan fingerprint density at radius 3 is 2.18 bits per heavy atom. The Labute approximate surface area is 201 Å². The molecule has 4 aliphatic carbocycles. The van der Waals surface area contributed by atoms with Crippen molar-refractivity contribution in [2.75, 3.05) is 0 Å². The number of hydrogen-bond acceptors (Lipinski definition) is 1. The number of allylic oxidation sites excluding steroid dienone is 1. The van der Waals surface area contributed by atoms with Gasteiger partial charge in [0.15, 0.2) is 0 Å². The van der Waals surface area contributed by atoms with Crippen LogP contribution in [-0.2, 0) is 5.41 Å². The minimum absolute atomic E-state index is 0.342. The zero-order chi connectivity index (χ0) is 23.4. The number of nitrogens with zero attached hydrogens (tertiary/aromatic N) is 2.